The molecule has 0 aliphatic rings. The van der Waals surface area contributed by atoms with Gasteiger partial charge in [-0.2, -0.15) is 0 Å². The number of carbonyl (C=O) groups excluding carboxylic acids is 3. The molecule has 0 bridgehead atoms. The van der Waals surface area contributed by atoms with Crippen LogP contribution in [0, 0.1) is 13.8 Å². The van der Waals surface area contributed by atoms with Gasteiger partial charge in [-0.05, 0) is 98.1 Å². The summed E-state index contributed by atoms with van der Waals surface area (Å²) in [5, 5.41) is 8.20. The molecule has 7 nitrogen and oxygen atoms in total. The van der Waals surface area contributed by atoms with Crippen LogP contribution in [0.1, 0.15) is 34.0 Å². The van der Waals surface area contributed by atoms with Crippen LogP contribution < -0.4 is 16.0 Å². The molecule has 0 spiro atoms. The van der Waals surface area contributed by atoms with Crippen molar-refractivity contribution >= 4 is 46.9 Å². The van der Waals surface area contributed by atoms with Crippen LogP contribution in [0.3, 0.4) is 0 Å². The third kappa shape index (κ3) is 8.15. The Bertz CT molecular complexity index is 1500. The van der Waals surface area contributed by atoms with E-state index in [-0.39, 0.29) is 16.9 Å². The van der Waals surface area contributed by atoms with Gasteiger partial charge in [0, 0.05) is 34.2 Å². The standard InChI is InChI=1S/C32H30N4O3S/c1-21-16-22(2)18-27(17-21)35-30(37)23(3)40-28-13-11-26(12-14-28)34-32(39)29(19-24-8-7-15-33-20-24)36-31(38)25-9-5-4-6-10-25/h4-20,23H,1-3H3,(H,34,39)(H,35,37)(H,36,38)/b29-19-. The Morgan fingerprint density at radius 1 is 0.825 bits per heavy atom. The summed E-state index contributed by atoms with van der Waals surface area (Å²) < 4.78 is 0. The van der Waals surface area contributed by atoms with Crippen molar-refractivity contribution in [3.63, 3.8) is 0 Å². The summed E-state index contributed by atoms with van der Waals surface area (Å²) in [5.41, 5.74) is 4.69. The predicted molar refractivity (Wildman–Crippen MR) is 161 cm³/mol. The second-order valence-corrected chi connectivity index (χ2v) is 10.7. The minimum Gasteiger partial charge on any atom is -0.325 e. The first kappa shape index (κ1) is 28.3. The number of hydrogen-bond donors (Lipinski definition) is 3. The highest BCUT2D eigenvalue weighted by molar-refractivity contribution is 8.00. The van der Waals surface area contributed by atoms with Gasteiger partial charge >= 0.3 is 0 Å². The quantitative estimate of drug-likeness (QED) is 0.170. The maximum atomic E-state index is 13.2. The van der Waals surface area contributed by atoms with E-state index in [1.807, 2.05) is 51.1 Å². The molecule has 0 saturated carbocycles. The molecule has 4 rings (SSSR count). The molecule has 0 aliphatic heterocycles. The van der Waals surface area contributed by atoms with E-state index >= 15 is 0 Å². The normalized spacial score (nSPS) is 11.8. The van der Waals surface area contributed by atoms with Gasteiger partial charge in [-0.1, -0.05) is 30.3 Å². The van der Waals surface area contributed by atoms with Crippen LogP contribution in [-0.2, 0) is 9.59 Å². The number of aryl methyl sites for hydroxylation is 2. The monoisotopic (exact) mass is 550 g/mol. The molecule has 8 heteroatoms. The van der Waals surface area contributed by atoms with Crippen molar-refractivity contribution in [3.8, 4) is 0 Å². The number of hydrogen-bond acceptors (Lipinski definition) is 5. The molecule has 0 radical (unpaired) electrons. The number of pyridine rings is 1. The smallest absolute Gasteiger partial charge is 0.272 e. The van der Waals surface area contributed by atoms with Crippen molar-refractivity contribution in [1.82, 2.24) is 10.3 Å². The Hall–Kier alpha value is -4.69. The first-order chi connectivity index (χ1) is 19.3. The molecule has 1 atom stereocenters. The average Bonchev–Trinajstić information content (AvgIpc) is 2.94. The zero-order valence-corrected chi connectivity index (χ0v) is 23.3. The maximum Gasteiger partial charge on any atom is 0.272 e. The van der Waals surface area contributed by atoms with Gasteiger partial charge in [0.1, 0.15) is 5.70 Å². The van der Waals surface area contributed by atoms with E-state index in [4.69, 9.17) is 0 Å². The molecular weight excluding hydrogens is 520 g/mol. The fraction of sp³-hybridized carbons (Fsp3) is 0.125. The molecule has 40 heavy (non-hydrogen) atoms. The van der Waals surface area contributed by atoms with E-state index < -0.39 is 11.8 Å². The highest BCUT2D eigenvalue weighted by atomic mass is 32.2. The van der Waals surface area contributed by atoms with Crippen molar-refractivity contribution < 1.29 is 14.4 Å². The van der Waals surface area contributed by atoms with Gasteiger partial charge in [0.25, 0.3) is 11.8 Å². The van der Waals surface area contributed by atoms with E-state index in [2.05, 4.69) is 27.0 Å². The molecular formula is C32H30N4O3S. The highest BCUT2D eigenvalue weighted by Gasteiger charge is 2.17. The molecule has 3 aromatic carbocycles. The van der Waals surface area contributed by atoms with Gasteiger partial charge in [-0.15, -0.1) is 11.8 Å². The Morgan fingerprint density at radius 3 is 2.17 bits per heavy atom. The first-order valence-corrected chi connectivity index (χ1v) is 13.6. The molecule has 0 aliphatic carbocycles. The second-order valence-electron chi connectivity index (χ2n) is 9.27. The van der Waals surface area contributed by atoms with E-state index in [0.717, 1.165) is 21.7 Å². The number of nitrogens with one attached hydrogen (secondary N) is 3. The van der Waals surface area contributed by atoms with Crippen LogP contribution in [0.15, 0.2) is 108 Å². The minimum absolute atomic E-state index is 0.0805. The summed E-state index contributed by atoms with van der Waals surface area (Å²) in [4.78, 5) is 43.6. The van der Waals surface area contributed by atoms with Crippen LogP contribution in [0.2, 0.25) is 0 Å². The Kier molecular flexibility index (Phi) is 9.48. The Labute approximate surface area is 238 Å². The van der Waals surface area contributed by atoms with Crippen LogP contribution in [0.5, 0.6) is 0 Å². The Morgan fingerprint density at radius 2 is 1.52 bits per heavy atom. The average molecular weight is 551 g/mol. The van der Waals surface area contributed by atoms with Gasteiger partial charge in [-0.3, -0.25) is 19.4 Å². The minimum atomic E-state index is -0.477. The van der Waals surface area contributed by atoms with Gasteiger partial charge in [0.05, 0.1) is 5.25 Å². The van der Waals surface area contributed by atoms with Crippen LogP contribution >= 0.6 is 11.8 Å². The third-order valence-electron chi connectivity index (χ3n) is 5.81. The molecule has 3 amide bonds. The summed E-state index contributed by atoms with van der Waals surface area (Å²) in [6.45, 7) is 5.84. The largest absolute Gasteiger partial charge is 0.325 e. The van der Waals surface area contributed by atoms with Crippen molar-refractivity contribution in [2.24, 2.45) is 0 Å². The lowest BCUT2D eigenvalue weighted by Crippen LogP contribution is -2.30. The summed E-state index contributed by atoms with van der Waals surface area (Å²) in [7, 11) is 0. The number of aromatic nitrogens is 1. The lowest BCUT2D eigenvalue weighted by atomic mass is 10.1. The topological polar surface area (TPSA) is 100 Å². The number of rotatable bonds is 9. The van der Waals surface area contributed by atoms with Crippen molar-refractivity contribution in [3.05, 3.63) is 125 Å². The number of nitrogens with zero attached hydrogens (tertiary/aromatic N) is 1. The van der Waals surface area contributed by atoms with Gasteiger partial charge < -0.3 is 16.0 Å². The van der Waals surface area contributed by atoms with Gasteiger partial charge in [-0.25, -0.2) is 0 Å². The Balaban J connectivity index is 1.41. The van der Waals surface area contributed by atoms with Crippen LogP contribution in [0.4, 0.5) is 11.4 Å². The number of anilines is 2. The van der Waals surface area contributed by atoms with Crippen LogP contribution in [0.25, 0.3) is 6.08 Å². The fourth-order valence-corrected chi connectivity index (χ4v) is 4.80. The van der Waals surface area contributed by atoms with Crippen molar-refractivity contribution in [1.29, 1.82) is 0 Å². The molecule has 1 aromatic heterocycles. The van der Waals surface area contributed by atoms with E-state index in [1.165, 1.54) is 11.8 Å². The van der Waals surface area contributed by atoms with Crippen molar-refractivity contribution in [2.45, 2.75) is 30.9 Å². The molecule has 1 unspecified atom stereocenters. The van der Waals surface area contributed by atoms with E-state index in [9.17, 15) is 14.4 Å². The van der Waals surface area contributed by atoms with Gasteiger partial charge in [0.15, 0.2) is 0 Å². The molecule has 202 valence electrons. The molecule has 3 N–H and O–H groups in total. The molecule has 1 heterocycles. The first-order valence-electron chi connectivity index (χ1n) is 12.7. The lowest BCUT2D eigenvalue weighted by Gasteiger charge is -2.14. The van der Waals surface area contributed by atoms with Gasteiger partial charge in [0.2, 0.25) is 5.91 Å². The summed E-state index contributed by atoms with van der Waals surface area (Å²) in [6.07, 6.45) is 4.81. The SMILES string of the molecule is Cc1cc(C)cc(NC(=O)C(C)Sc2ccc(NC(=O)/C(=C/c3cccnc3)NC(=O)c3ccccc3)cc2)c1. The van der Waals surface area contributed by atoms with E-state index in [1.54, 1.807) is 67.0 Å². The summed E-state index contributed by atoms with van der Waals surface area (Å²) >= 11 is 1.42. The number of carbonyl (C=O) groups is 3. The zero-order chi connectivity index (χ0) is 28.5. The van der Waals surface area contributed by atoms with Crippen molar-refractivity contribution in [2.75, 3.05) is 10.6 Å². The maximum absolute atomic E-state index is 13.2. The van der Waals surface area contributed by atoms with E-state index in [0.29, 0.717) is 16.8 Å². The number of benzene rings is 3. The summed E-state index contributed by atoms with van der Waals surface area (Å²) in [6, 6.07) is 25.4. The highest BCUT2D eigenvalue weighted by Crippen LogP contribution is 2.26. The lowest BCUT2D eigenvalue weighted by molar-refractivity contribution is -0.115. The molecule has 4 aromatic rings. The molecule has 0 saturated heterocycles. The fourth-order valence-electron chi connectivity index (χ4n) is 3.93. The third-order valence-corrected chi connectivity index (χ3v) is 6.92. The molecule has 0 fully saturated rings. The summed E-state index contributed by atoms with van der Waals surface area (Å²) in [5.74, 6) is -0.966. The second kappa shape index (κ2) is 13.4. The number of amides is 3. The predicted octanol–water partition coefficient (Wildman–Crippen LogP) is 6.23. The zero-order valence-electron chi connectivity index (χ0n) is 22.5. The number of thioether (sulfide) groups is 1. The van der Waals surface area contributed by atoms with Crippen LogP contribution in [-0.4, -0.2) is 28.0 Å².